The number of para-hydroxylation sites is 2. The van der Waals surface area contributed by atoms with E-state index in [0.717, 1.165) is 59.7 Å². The van der Waals surface area contributed by atoms with Crippen LogP contribution in [0.3, 0.4) is 0 Å². The Bertz CT molecular complexity index is 1410. The van der Waals surface area contributed by atoms with Crippen molar-refractivity contribution < 1.29 is 14.7 Å². The number of aromatic amines is 1. The number of benzene rings is 2. The van der Waals surface area contributed by atoms with Gasteiger partial charge >= 0.3 is 0 Å². The molecule has 162 valence electrons. The van der Waals surface area contributed by atoms with E-state index in [-0.39, 0.29) is 11.8 Å². The quantitative estimate of drug-likeness (QED) is 0.428. The zero-order chi connectivity index (χ0) is 22.4. The van der Waals surface area contributed by atoms with Crippen LogP contribution < -0.4 is 5.32 Å². The Labute approximate surface area is 184 Å². The molecule has 0 unspecified atom stereocenters. The predicted molar refractivity (Wildman–Crippen MR) is 125 cm³/mol. The van der Waals surface area contributed by atoms with E-state index in [1.807, 2.05) is 48.8 Å². The van der Waals surface area contributed by atoms with E-state index in [1.54, 1.807) is 0 Å². The van der Waals surface area contributed by atoms with Gasteiger partial charge in [0.25, 0.3) is 11.8 Å². The van der Waals surface area contributed by atoms with Gasteiger partial charge in [0.05, 0.1) is 16.7 Å². The first-order chi connectivity index (χ1) is 15.6. The van der Waals surface area contributed by atoms with E-state index >= 15 is 0 Å². The highest BCUT2D eigenvalue weighted by atomic mass is 16.2. The summed E-state index contributed by atoms with van der Waals surface area (Å²) < 4.78 is 2.22. The second-order valence-electron chi connectivity index (χ2n) is 8.07. The Morgan fingerprint density at radius 1 is 0.875 bits per heavy atom. The summed E-state index contributed by atoms with van der Waals surface area (Å²) in [6.07, 6.45) is 3.86. The van der Waals surface area contributed by atoms with Crippen LogP contribution in [0.4, 0.5) is 0 Å². The van der Waals surface area contributed by atoms with Crippen LogP contribution >= 0.6 is 0 Å². The number of hydrogen-bond acceptors (Lipinski definition) is 4. The largest absolute Gasteiger partial charge is 0.400 e. The van der Waals surface area contributed by atoms with Gasteiger partial charge in [0.2, 0.25) is 0 Å². The molecule has 2 aromatic carbocycles. The lowest BCUT2D eigenvalue weighted by Crippen LogP contribution is -2.22. The molecule has 2 aromatic heterocycles. The minimum Gasteiger partial charge on any atom is -0.400 e. The third kappa shape index (κ3) is 2.97. The van der Waals surface area contributed by atoms with Crippen molar-refractivity contribution in [1.29, 1.82) is 0 Å². The summed E-state index contributed by atoms with van der Waals surface area (Å²) in [4.78, 5) is 31.4. The van der Waals surface area contributed by atoms with Gasteiger partial charge in [0.1, 0.15) is 0 Å². The molecule has 0 saturated heterocycles. The molecule has 3 N–H and O–H groups in total. The molecule has 7 heteroatoms. The lowest BCUT2D eigenvalue weighted by molar-refractivity contribution is -0.122. The first-order valence-corrected chi connectivity index (χ1v) is 10.5. The lowest BCUT2D eigenvalue weighted by Gasteiger charge is -2.13. The number of amides is 2. The first-order valence-electron chi connectivity index (χ1n) is 10.5. The maximum absolute atomic E-state index is 13.0. The van der Waals surface area contributed by atoms with Gasteiger partial charge in [0.15, 0.2) is 0 Å². The highest BCUT2D eigenvalue weighted by molar-refractivity contribution is 6.50. The molecule has 6 rings (SSSR count). The van der Waals surface area contributed by atoms with E-state index in [0.29, 0.717) is 11.1 Å². The molecule has 0 radical (unpaired) electrons. The van der Waals surface area contributed by atoms with Crippen molar-refractivity contribution in [2.75, 3.05) is 20.7 Å². The molecule has 0 fully saturated rings. The molecule has 2 amide bonds. The number of hydrogen-bond donors (Lipinski definition) is 3. The molecule has 2 aliphatic rings. The molecular weight excluding hydrogens is 404 g/mol. The third-order valence-electron chi connectivity index (χ3n) is 6.20. The van der Waals surface area contributed by atoms with Crippen LogP contribution in [-0.2, 0) is 22.7 Å². The highest BCUT2D eigenvalue weighted by Gasteiger charge is 2.35. The van der Waals surface area contributed by atoms with Crippen molar-refractivity contribution in [1.82, 2.24) is 19.8 Å². The molecule has 0 spiro atoms. The van der Waals surface area contributed by atoms with Gasteiger partial charge in [-0.05, 0) is 18.7 Å². The number of carbonyl (C=O) groups excluding carboxylic acids is 2. The summed E-state index contributed by atoms with van der Waals surface area (Å²) in [6, 6.07) is 14.0. The molecule has 0 atom stereocenters. The maximum Gasteiger partial charge on any atom is 0.259 e. The fourth-order valence-corrected chi connectivity index (χ4v) is 4.84. The minimum atomic E-state index is -0.344. The number of nitrogens with zero attached hydrogens (tertiary/aromatic N) is 2. The molecule has 4 heterocycles. The number of aliphatic hydroxyl groups excluding tert-OH is 1. The van der Waals surface area contributed by atoms with Crippen LogP contribution in [-0.4, -0.2) is 52.1 Å². The molecular formula is C25H24N4O3. The van der Waals surface area contributed by atoms with Crippen LogP contribution in [0, 0.1) is 0 Å². The Balaban J connectivity index is 0.00000105. The van der Waals surface area contributed by atoms with Gasteiger partial charge in [-0.1, -0.05) is 36.4 Å². The number of rotatable bonds is 2. The van der Waals surface area contributed by atoms with E-state index in [4.69, 9.17) is 5.11 Å². The van der Waals surface area contributed by atoms with E-state index in [2.05, 4.69) is 32.9 Å². The number of aromatic nitrogens is 2. The topological polar surface area (TPSA) is 90.4 Å². The van der Waals surface area contributed by atoms with Gasteiger partial charge in [-0.15, -0.1) is 0 Å². The number of likely N-dealkylation sites (N-methyl/N-ethyl adjacent to an activating group) is 1. The van der Waals surface area contributed by atoms with Crippen LogP contribution in [0.1, 0.15) is 16.7 Å². The molecule has 4 aromatic rings. The molecule has 32 heavy (non-hydrogen) atoms. The van der Waals surface area contributed by atoms with Gasteiger partial charge in [-0.3, -0.25) is 14.9 Å². The van der Waals surface area contributed by atoms with Crippen molar-refractivity contribution >= 4 is 44.8 Å². The standard InChI is InChI=1S/C24H20N4O2.CH4O/c1-27-9-10-28-13-18(16-7-4-5-14(12-27)22(16)28)21-20(23(29)26-24(21)30)17-11-25-19-8-3-2-6-15(17)19;1-2/h2-8,11,13,25H,9-10,12H2,1H3,(H,26,29,30);2H,1H3. The molecule has 0 saturated carbocycles. The summed E-state index contributed by atoms with van der Waals surface area (Å²) >= 11 is 0. The molecule has 0 aliphatic carbocycles. The normalized spacial score (nSPS) is 16.3. The van der Waals surface area contributed by atoms with Gasteiger partial charge < -0.3 is 19.6 Å². The van der Waals surface area contributed by atoms with Crippen molar-refractivity contribution in [3.63, 3.8) is 0 Å². The van der Waals surface area contributed by atoms with Crippen LogP contribution in [0.2, 0.25) is 0 Å². The lowest BCUT2D eigenvalue weighted by atomic mass is 9.95. The van der Waals surface area contributed by atoms with Crippen LogP contribution in [0.25, 0.3) is 33.0 Å². The van der Waals surface area contributed by atoms with Crippen molar-refractivity contribution in [2.45, 2.75) is 13.1 Å². The minimum absolute atomic E-state index is 0.334. The van der Waals surface area contributed by atoms with E-state index in [9.17, 15) is 9.59 Å². The number of nitrogens with one attached hydrogen (secondary N) is 2. The fourth-order valence-electron chi connectivity index (χ4n) is 4.84. The van der Waals surface area contributed by atoms with E-state index < -0.39 is 0 Å². The van der Waals surface area contributed by atoms with Gasteiger partial charge in [0, 0.05) is 66.6 Å². The van der Waals surface area contributed by atoms with Crippen LogP contribution in [0.15, 0.2) is 54.9 Å². The summed E-state index contributed by atoms with van der Waals surface area (Å²) in [5.74, 6) is -0.678. The smallest absolute Gasteiger partial charge is 0.259 e. The van der Waals surface area contributed by atoms with Crippen molar-refractivity contribution in [3.8, 4) is 0 Å². The summed E-state index contributed by atoms with van der Waals surface area (Å²) in [5.41, 5.74) is 5.80. The zero-order valence-corrected chi connectivity index (χ0v) is 18.0. The zero-order valence-electron chi connectivity index (χ0n) is 18.0. The third-order valence-corrected chi connectivity index (χ3v) is 6.20. The molecule has 7 nitrogen and oxygen atoms in total. The number of carbonyl (C=O) groups is 2. The summed E-state index contributed by atoms with van der Waals surface area (Å²) in [5, 5.41) is 11.5. The number of imide groups is 1. The van der Waals surface area contributed by atoms with Crippen molar-refractivity contribution in [3.05, 3.63) is 71.5 Å². The van der Waals surface area contributed by atoms with Gasteiger partial charge in [-0.25, -0.2) is 0 Å². The van der Waals surface area contributed by atoms with Crippen LogP contribution in [0.5, 0.6) is 0 Å². The Morgan fingerprint density at radius 2 is 1.59 bits per heavy atom. The number of fused-ring (bicyclic) bond motifs is 1. The average Bonchev–Trinajstić information content (AvgIpc) is 3.43. The number of aliphatic hydroxyl groups is 1. The van der Waals surface area contributed by atoms with Crippen molar-refractivity contribution in [2.24, 2.45) is 0 Å². The predicted octanol–water partition coefficient (Wildman–Crippen LogP) is 2.74. The Morgan fingerprint density at radius 3 is 2.41 bits per heavy atom. The second kappa shape index (κ2) is 7.78. The first kappa shape index (κ1) is 20.2. The van der Waals surface area contributed by atoms with E-state index in [1.165, 1.54) is 5.56 Å². The second-order valence-corrected chi connectivity index (χ2v) is 8.07. The SMILES string of the molecule is CN1CCn2cc(C3=C(c4c[nH]c5ccccc45)C(=O)NC3=O)c3cccc(c32)C1.CO. The molecule has 2 aliphatic heterocycles. The highest BCUT2D eigenvalue weighted by Crippen LogP contribution is 2.39. The maximum atomic E-state index is 13.0. The average molecular weight is 428 g/mol. The fraction of sp³-hybridized carbons (Fsp3) is 0.200. The summed E-state index contributed by atoms with van der Waals surface area (Å²) in [6.45, 7) is 2.63. The number of H-pyrrole nitrogens is 1. The Kier molecular flexibility index (Phi) is 4.92. The van der Waals surface area contributed by atoms with Gasteiger partial charge in [-0.2, -0.15) is 0 Å². The monoisotopic (exact) mass is 428 g/mol. The summed E-state index contributed by atoms with van der Waals surface area (Å²) in [7, 11) is 3.12. The molecule has 0 bridgehead atoms. The Hall–Kier alpha value is -3.68.